The van der Waals surface area contributed by atoms with Crippen molar-refractivity contribution in [2.24, 2.45) is 0 Å². The molecule has 2 aromatic rings. The SMILES string of the molecule is CCNC(C)c1cccnc1Oc1ccc(F)cc1. The third kappa shape index (κ3) is 3.51. The van der Waals surface area contributed by atoms with Crippen molar-refractivity contribution in [3.63, 3.8) is 0 Å². The van der Waals surface area contributed by atoms with Crippen LogP contribution in [0.1, 0.15) is 25.5 Å². The van der Waals surface area contributed by atoms with Crippen molar-refractivity contribution >= 4 is 0 Å². The predicted molar refractivity (Wildman–Crippen MR) is 72.8 cm³/mol. The topological polar surface area (TPSA) is 34.2 Å². The average Bonchev–Trinajstić information content (AvgIpc) is 2.42. The summed E-state index contributed by atoms with van der Waals surface area (Å²) in [4.78, 5) is 4.24. The van der Waals surface area contributed by atoms with Crippen molar-refractivity contribution in [1.82, 2.24) is 10.3 Å². The fourth-order valence-electron chi connectivity index (χ4n) is 1.85. The van der Waals surface area contributed by atoms with Gasteiger partial charge in [0.25, 0.3) is 0 Å². The largest absolute Gasteiger partial charge is 0.439 e. The minimum Gasteiger partial charge on any atom is -0.439 e. The highest BCUT2D eigenvalue weighted by atomic mass is 19.1. The summed E-state index contributed by atoms with van der Waals surface area (Å²) in [6.07, 6.45) is 1.68. The summed E-state index contributed by atoms with van der Waals surface area (Å²) in [5.74, 6) is 0.835. The molecule has 0 spiro atoms. The van der Waals surface area contributed by atoms with Crippen molar-refractivity contribution in [3.05, 3.63) is 54.0 Å². The zero-order valence-corrected chi connectivity index (χ0v) is 11.1. The van der Waals surface area contributed by atoms with Crippen LogP contribution in [0.2, 0.25) is 0 Å². The highest BCUT2D eigenvalue weighted by molar-refractivity contribution is 5.34. The Morgan fingerprint density at radius 2 is 2.00 bits per heavy atom. The first-order valence-electron chi connectivity index (χ1n) is 6.32. The maximum atomic E-state index is 12.9. The van der Waals surface area contributed by atoms with Gasteiger partial charge in [-0.15, -0.1) is 0 Å². The van der Waals surface area contributed by atoms with Crippen LogP contribution < -0.4 is 10.1 Å². The van der Waals surface area contributed by atoms with Gasteiger partial charge >= 0.3 is 0 Å². The van der Waals surface area contributed by atoms with E-state index in [1.165, 1.54) is 12.1 Å². The molecular formula is C15H17FN2O. The van der Waals surface area contributed by atoms with Crippen LogP contribution in [0.25, 0.3) is 0 Å². The Labute approximate surface area is 112 Å². The van der Waals surface area contributed by atoms with Gasteiger partial charge in [-0.05, 0) is 43.8 Å². The van der Waals surface area contributed by atoms with Crippen LogP contribution in [0.5, 0.6) is 11.6 Å². The molecule has 0 radical (unpaired) electrons. The molecular weight excluding hydrogens is 243 g/mol. The van der Waals surface area contributed by atoms with E-state index in [1.807, 2.05) is 19.1 Å². The Morgan fingerprint density at radius 3 is 2.68 bits per heavy atom. The standard InChI is InChI=1S/C15H17FN2O/c1-3-17-11(2)14-5-4-10-18-15(14)19-13-8-6-12(16)7-9-13/h4-11,17H,3H2,1-2H3. The van der Waals surface area contributed by atoms with Gasteiger partial charge in [-0.25, -0.2) is 9.37 Å². The molecule has 0 bridgehead atoms. The number of benzene rings is 1. The van der Waals surface area contributed by atoms with Crippen LogP contribution in [-0.4, -0.2) is 11.5 Å². The third-order valence-corrected chi connectivity index (χ3v) is 2.81. The van der Waals surface area contributed by atoms with Crippen LogP contribution in [0, 0.1) is 5.82 Å². The summed E-state index contributed by atoms with van der Waals surface area (Å²) < 4.78 is 18.6. The maximum Gasteiger partial charge on any atom is 0.223 e. The molecule has 0 aliphatic heterocycles. The quantitative estimate of drug-likeness (QED) is 0.890. The van der Waals surface area contributed by atoms with Crippen molar-refractivity contribution in [2.75, 3.05) is 6.54 Å². The fourth-order valence-corrected chi connectivity index (χ4v) is 1.85. The summed E-state index contributed by atoms with van der Waals surface area (Å²) in [6, 6.07) is 9.91. The molecule has 0 aliphatic carbocycles. The van der Waals surface area contributed by atoms with Gasteiger partial charge < -0.3 is 10.1 Å². The summed E-state index contributed by atoms with van der Waals surface area (Å²) in [5.41, 5.74) is 0.980. The molecule has 4 heteroatoms. The van der Waals surface area contributed by atoms with E-state index in [-0.39, 0.29) is 11.9 Å². The molecule has 100 valence electrons. The van der Waals surface area contributed by atoms with E-state index in [0.29, 0.717) is 11.6 Å². The second kappa shape index (κ2) is 6.29. The summed E-state index contributed by atoms with van der Waals surface area (Å²) in [5, 5.41) is 3.32. The number of aromatic nitrogens is 1. The van der Waals surface area contributed by atoms with E-state index in [9.17, 15) is 4.39 Å². The van der Waals surface area contributed by atoms with E-state index in [0.717, 1.165) is 12.1 Å². The molecule has 3 nitrogen and oxygen atoms in total. The van der Waals surface area contributed by atoms with Gasteiger partial charge in [0, 0.05) is 17.8 Å². The van der Waals surface area contributed by atoms with Crippen LogP contribution >= 0.6 is 0 Å². The average molecular weight is 260 g/mol. The first-order chi connectivity index (χ1) is 9.20. The van der Waals surface area contributed by atoms with Crippen LogP contribution in [-0.2, 0) is 0 Å². The van der Waals surface area contributed by atoms with Gasteiger partial charge in [0.1, 0.15) is 11.6 Å². The lowest BCUT2D eigenvalue weighted by Crippen LogP contribution is -2.18. The van der Waals surface area contributed by atoms with Gasteiger partial charge in [0.15, 0.2) is 0 Å². The highest BCUT2D eigenvalue weighted by Crippen LogP contribution is 2.27. The molecule has 1 aromatic carbocycles. The number of nitrogens with one attached hydrogen (secondary N) is 1. The normalized spacial score (nSPS) is 12.2. The Morgan fingerprint density at radius 1 is 1.26 bits per heavy atom. The van der Waals surface area contributed by atoms with E-state index in [4.69, 9.17) is 4.74 Å². The highest BCUT2D eigenvalue weighted by Gasteiger charge is 2.12. The number of ether oxygens (including phenoxy) is 1. The molecule has 1 unspecified atom stereocenters. The second-order valence-electron chi connectivity index (χ2n) is 4.23. The van der Waals surface area contributed by atoms with Gasteiger partial charge in [-0.1, -0.05) is 13.0 Å². The van der Waals surface area contributed by atoms with E-state index < -0.39 is 0 Å². The summed E-state index contributed by atoms with van der Waals surface area (Å²) >= 11 is 0. The van der Waals surface area contributed by atoms with E-state index in [2.05, 4.69) is 17.2 Å². The maximum absolute atomic E-state index is 12.9. The van der Waals surface area contributed by atoms with E-state index in [1.54, 1.807) is 18.3 Å². The summed E-state index contributed by atoms with van der Waals surface area (Å²) in [6.45, 7) is 4.97. The Bertz CT molecular complexity index is 528. The molecule has 0 amide bonds. The third-order valence-electron chi connectivity index (χ3n) is 2.81. The summed E-state index contributed by atoms with van der Waals surface area (Å²) in [7, 11) is 0. The first kappa shape index (κ1) is 13.5. The zero-order chi connectivity index (χ0) is 13.7. The van der Waals surface area contributed by atoms with Crippen LogP contribution in [0.4, 0.5) is 4.39 Å². The lowest BCUT2D eigenvalue weighted by atomic mass is 10.1. The molecule has 0 aliphatic rings. The minimum atomic E-state index is -0.283. The Kier molecular flexibility index (Phi) is 4.47. The number of nitrogens with zero attached hydrogens (tertiary/aromatic N) is 1. The molecule has 0 saturated carbocycles. The molecule has 1 N–H and O–H groups in total. The zero-order valence-electron chi connectivity index (χ0n) is 11.1. The van der Waals surface area contributed by atoms with Crippen molar-refractivity contribution < 1.29 is 9.13 Å². The molecule has 2 rings (SSSR count). The monoisotopic (exact) mass is 260 g/mol. The van der Waals surface area contributed by atoms with Gasteiger partial charge in [-0.2, -0.15) is 0 Å². The Hall–Kier alpha value is -1.94. The minimum absolute atomic E-state index is 0.147. The van der Waals surface area contributed by atoms with Crippen molar-refractivity contribution in [2.45, 2.75) is 19.9 Å². The van der Waals surface area contributed by atoms with Crippen LogP contribution in [0.15, 0.2) is 42.6 Å². The van der Waals surface area contributed by atoms with Crippen molar-refractivity contribution in [3.8, 4) is 11.6 Å². The van der Waals surface area contributed by atoms with Crippen molar-refractivity contribution in [1.29, 1.82) is 0 Å². The smallest absolute Gasteiger partial charge is 0.223 e. The predicted octanol–water partition coefficient (Wildman–Crippen LogP) is 3.68. The second-order valence-corrected chi connectivity index (χ2v) is 4.23. The number of pyridine rings is 1. The number of hydrogen-bond acceptors (Lipinski definition) is 3. The Balaban J connectivity index is 2.22. The van der Waals surface area contributed by atoms with Crippen LogP contribution in [0.3, 0.4) is 0 Å². The molecule has 0 fully saturated rings. The van der Waals surface area contributed by atoms with Gasteiger partial charge in [-0.3, -0.25) is 0 Å². The van der Waals surface area contributed by atoms with E-state index >= 15 is 0 Å². The number of halogens is 1. The molecule has 1 aromatic heterocycles. The number of hydrogen-bond donors (Lipinski definition) is 1. The molecule has 1 atom stereocenters. The first-order valence-corrected chi connectivity index (χ1v) is 6.32. The van der Waals surface area contributed by atoms with Gasteiger partial charge in [0.2, 0.25) is 5.88 Å². The van der Waals surface area contributed by atoms with Gasteiger partial charge in [0.05, 0.1) is 0 Å². The molecule has 19 heavy (non-hydrogen) atoms. The fraction of sp³-hybridized carbons (Fsp3) is 0.267. The lowest BCUT2D eigenvalue weighted by Gasteiger charge is -2.16. The molecule has 1 heterocycles. The lowest BCUT2D eigenvalue weighted by molar-refractivity contribution is 0.443. The number of rotatable bonds is 5. The molecule has 0 saturated heterocycles.